The SMILES string of the molecule is C[C@H](CCC(=O)C(C)(C)C)[C@H]1CC[C@H]2[C@@H]3C[C@H](O)[C@@H]4C[C@H](O)CC[C@]4(C)[C@H]3C[C@H](O)[C@]12C. The second-order valence-corrected chi connectivity index (χ2v) is 13.7. The highest BCUT2D eigenvalue weighted by atomic mass is 16.3. The van der Waals surface area contributed by atoms with E-state index in [2.05, 4.69) is 20.8 Å². The number of hydrogen-bond acceptors (Lipinski definition) is 4. The number of aliphatic hydroxyl groups excluding tert-OH is 3. The van der Waals surface area contributed by atoms with Crippen molar-refractivity contribution < 1.29 is 20.1 Å². The summed E-state index contributed by atoms with van der Waals surface area (Å²) in [6, 6.07) is 0. The zero-order valence-electron chi connectivity index (χ0n) is 21.3. The average Bonchev–Trinajstić information content (AvgIpc) is 3.07. The molecule has 0 amide bonds. The summed E-state index contributed by atoms with van der Waals surface area (Å²) in [4.78, 5) is 12.5. The molecule has 0 heterocycles. The maximum Gasteiger partial charge on any atom is 0.138 e. The maximum absolute atomic E-state index is 12.5. The van der Waals surface area contributed by atoms with Crippen LogP contribution in [0.1, 0.15) is 99.3 Å². The van der Waals surface area contributed by atoms with Gasteiger partial charge in [0, 0.05) is 11.8 Å². The number of fused-ring (bicyclic) bond motifs is 5. The molecule has 0 radical (unpaired) electrons. The van der Waals surface area contributed by atoms with E-state index in [-0.39, 0.29) is 40.5 Å². The second-order valence-electron chi connectivity index (χ2n) is 13.7. The van der Waals surface area contributed by atoms with Crippen molar-refractivity contribution in [1.29, 1.82) is 0 Å². The van der Waals surface area contributed by atoms with Crippen molar-refractivity contribution in [2.45, 2.75) is 118 Å². The fraction of sp³-hybridized carbons (Fsp3) is 0.964. The van der Waals surface area contributed by atoms with Crippen molar-refractivity contribution in [2.75, 3.05) is 0 Å². The molecule has 0 aliphatic heterocycles. The van der Waals surface area contributed by atoms with E-state index < -0.39 is 0 Å². The van der Waals surface area contributed by atoms with Crippen molar-refractivity contribution >= 4 is 5.78 Å². The third kappa shape index (κ3) is 3.81. The Kier molecular flexibility index (Phi) is 6.43. The van der Waals surface area contributed by atoms with Gasteiger partial charge in [-0.1, -0.05) is 41.5 Å². The molecule has 0 bridgehead atoms. The van der Waals surface area contributed by atoms with E-state index >= 15 is 0 Å². The Hall–Kier alpha value is -0.450. The van der Waals surface area contributed by atoms with Crippen LogP contribution in [0.15, 0.2) is 0 Å². The number of rotatable bonds is 4. The molecule has 0 aromatic rings. The first-order valence-corrected chi connectivity index (χ1v) is 13.4. The minimum absolute atomic E-state index is 0.0205. The molecule has 0 aromatic carbocycles. The van der Waals surface area contributed by atoms with Crippen LogP contribution in [0.2, 0.25) is 0 Å². The predicted octanol–water partition coefficient (Wildman–Crippen LogP) is 4.98. The molecule has 4 rings (SSSR count). The molecular weight excluding hydrogens is 400 g/mol. The normalized spacial score (nSPS) is 49.7. The molecule has 4 aliphatic carbocycles. The minimum atomic E-state index is -0.337. The first kappa shape index (κ1) is 24.7. The van der Waals surface area contributed by atoms with Crippen molar-refractivity contribution in [1.82, 2.24) is 0 Å². The van der Waals surface area contributed by atoms with E-state index in [0.717, 1.165) is 44.9 Å². The highest BCUT2D eigenvalue weighted by Gasteiger charge is 2.65. The zero-order chi connectivity index (χ0) is 23.6. The number of carbonyl (C=O) groups excluding carboxylic acids is 1. The lowest BCUT2D eigenvalue weighted by atomic mass is 9.43. The fourth-order valence-corrected chi connectivity index (χ4v) is 9.14. The standard InChI is InChI=1S/C28H48O4/c1-16(7-10-24(31)26(2,3)4)19-8-9-20-18-14-23(30)22-13-17(29)11-12-27(22,5)21(18)15-25(32)28(19,20)6/h16-23,25,29-30,32H,7-15H2,1-6H3/t16-,17-,18+,19-,20+,21+,22+,23+,25+,27-,28-/m1/s1. The largest absolute Gasteiger partial charge is 0.393 e. The molecule has 4 heteroatoms. The Bertz CT molecular complexity index is 713. The molecule has 32 heavy (non-hydrogen) atoms. The molecule has 0 aromatic heterocycles. The maximum atomic E-state index is 12.5. The lowest BCUT2D eigenvalue weighted by Gasteiger charge is -2.63. The molecule has 3 N–H and O–H groups in total. The van der Waals surface area contributed by atoms with E-state index in [1.165, 1.54) is 0 Å². The second kappa shape index (κ2) is 8.34. The van der Waals surface area contributed by atoms with Gasteiger partial charge < -0.3 is 15.3 Å². The highest BCUT2D eigenvalue weighted by Crippen LogP contribution is 2.68. The van der Waals surface area contributed by atoms with Gasteiger partial charge in [-0.2, -0.15) is 0 Å². The summed E-state index contributed by atoms with van der Waals surface area (Å²) in [5.74, 6) is 2.69. The van der Waals surface area contributed by atoms with Gasteiger partial charge >= 0.3 is 0 Å². The van der Waals surface area contributed by atoms with Crippen LogP contribution < -0.4 is 0 Å². The Morgan fingerprint density at radius 1 is 0.969 bits per heavy atom. The van der Waals surface area contributed by atoms with Gasteiger partial charge in [-0.3, -0.25) is 4.79 Å². The van der Waals surface area contributed by atoms with Gasteiger partial charge in [-0.25, -0.2) is 0 Å². The van der Waals surface area contributed by atoms with Crippen molar-refractivity contribution in [3.05, 3.63) is 0 Å². The summed E-state index contributed by atoms with van der Waals surface area (Å²) >= 11 is 0. The molecule has 4 aliphatic rings. The molecule has 4 fully saturated rings. The number of aliphatic hydroxyl groups is 3. The van der Waals surface area contributed by atoms with Crippen LogP contribution in [-0.4, -0.2) is 39.4 Å². The number of hydrogen-bond donors (Lipinski definition) is 3. The minimum Gasteiger partial charge on any atom is -0.393 e. The molecular formula is C28H48O4. The van der Waals surface area contributed by atoms with Crippen molar-refractivity contribution in [3.8, 4) is 0 Å². The van der Waals surface area contributed by atoms with Gasteiger partial charge in [0.05, 0.1) is 18.3 Å². The Balaban J connectivity index is 1.54. The molecule has 0 unspecified atom stereocenters. The van der Waals surface area contributed by atoms with Crippen LogP contribution in [0.4, 0.5) is 0 Å². The molecule has 4 saturated carbocycles. The topological polar surface area (TPSA) is 77.8 Å². The number of carbonyl (C=O) groups is 1. The highest BCUT2D eigenvalue weighted by molar-refractivity contribution is 5.83. The molecule has 184 valence electrons. The van der Waals surface area contributed by atoms with E-state index in [1.54, 1.807) is 0 Å². The summed E-state index contributed by atoms with van der Waals surface area (Å²) in [6.45, 7) is 13.0. The monoisotopic (exact) mass is 448 g/mol. The van der Waals surface area contributed by atoms with Gasteiger partial charge in [-0.05, 0) is 97.7 Å². The average molecular weight is 449 g/mol. The summed E-state index contributed by atoms with van der Waals surface area (Å²) in [7, 11) is 0. The van der Waals surface area contributed by atoms with Crippen LogP contribution in [0.25, 0.3) is 0 Å². The van der Waals surface area contributed by atoms with Crippen LogP contribution in [-0.2, 0) is 4.79 Å². The number of Topliss-reactive ketones (excluding diaryl/α,β-unsaturated/α-hetero) is 1. The summed E-state index contributed by atoms with van der Waals surface area (Å²) in [6.07, 6.45) is 7.00. The van der Waals surface area contributed by atoms with E-state index in [1.807, 2.05) is 20.8 Å². The first-order valence-electron chi connectivity index (χ1n) is 13.4. The lowest BCUT2D eigenvalue weighted by molar-refractivity contribution is -0.202. The number of ketones is 1. The Morgan fingerprint density at radius 2 is 1.66 bits per heavy atom. The van der Waals surface area contributed by atoms with Gasteiger partial charge in [-0.15, -0.1) is 0 Å². The zero-order valence-corrected chi connectivity index (χ0v) is 21.3. The summed E-state index contributed by atoms with van der Waals surface area (Å²) < 4.78 is 0. The van der Waals surface area contributed by atoms with Crippen LogP contribution in [0.5, 0.6) is 0 Å². The van der Waals surface area contributed by atoms with E-state index in [0.29, 0.717) is 48.2 Å². The Labute approximate surface area is 195 Å². The quantitative estimate of drug-likeness (QED) is 0.567. The van der Waals surface area contributed by atoms with Crippen LogP contribution in [0.3, 0.4) is 0 Å². The van der Waals surface area contributed by atoms with Gasteiger partial charge in [0.15, 0.2) is 0 Å². The summed E-state index contributed by atoms with van der Waals surface area (Å²) in [5, 5.41) is 33.1. The predicted molar refractivity (Wildman–Crippen MR) is 127 cm³/mol. The van der Waals surface area contributed by atoms with Crippen LogP contribution in [0, 0.1) is 51.8 Å². The molecule has 0 saturated heterocycles. The fourth-order valence-electron chi connectivity index (χ4n) is 9.14. The van der Waals surface area contributed by atoms with E-state index in [9.17, 15) is 20.1 Å². The van der Waals surface area contributed by atoms with E-state index in [4.69, 9.17) is 0 Å². The lowest BCUT2D eigenvalue weighted by Crippen LogP contribution is -2.61. The Morgan fingerprint density at radius 3 is 2.31 bits per heavy atom. The van der Waals surface area contributed by atoms with Crippen molar-refractivity contribution in [3.63, 3.8) is 0 Å². The van der Waals surface area contributed by atoms with Crippen LogP contribution >= 0.6 is 0 Å². The van der Waals surface area contributed by atoms with Gasteiger partial charge in [0.2, 0.25) is 0 Å². The van der Waals surface area contributed by atoms with Gasteiger partial charge in [0.25, 0.3) is 0 Å². The molecule has 11 atom stereocenters. The van der Waals surface area contributed by atoms with Crippen molar-refractivity contribution in [2.24, 2.45) is 51.8 Å². The summed E-state index contributed by atoms with van der Waals surface area (Å²) in [5.41, 5.74) is -0.383. The molecule has 4 nitrogen and oxygen atoms in total. The third-order valence-corrected chi connectivity index (χ3v) is 11.2. The first-order chi connectivity index (χ1) is 14.8. The van der Waals surface area contributed by atoms with Gasteiger partial charge in [0.1, 0.15) is 5.78 Å². The molecule has 0 spiro atoms. The third-order valence-electron chi connectivity index (χ3n) is 11.2. The smallest absolute Gasteiger partial charge is 0.138 e.